The van der Waals surface area contributed by atoms with Gasteiger partial charge in [-0.2, -0.15) is 13.2 Å². The van der Waals surface area contributed by atoms with Gasteiger partial charge in [-0.3, -0.25) is 9.10 Å². The lowest BCUT2D eigenvalue weighted by molar-refractivity contribution is -0.160. The van der Waals surface area contributed by atoms with E-state index < -0.39 is 41.6 Å². The molecular formula is C17H11F6N3O2S. The first-order valence-electron chi connectivity index (χ1n) is 7.92. The predicted octanol–water partition coefficient (Wildman–Crippen LogP) is 5.16. The molecule has 3 amide bonds. The Balaban J connectivity index is 1.83. The molecule has 1 atom stereocenters. The second kappa shape index (κ2) is 7.50. The summed E-state index contributed by atoms with van der Waals surface area (Å²) in [6.45, 7) is 0.811. The summed E-state index contributed by atoms with van der Waals surface area (Å²) < 4.78 is 78.8. The Labute approximate surface area is 164 Å². The number of fused-ring (bicyclic) bond motifs is 1. The molecule has 0 aromatic heterocycles. The van der Waals surface area contributed by atoms with E-state index in [1.54, 1.807) is 0 Å². The van der Waals surface area contributed by atoms with Crippen molar-refractivity contribution in [2.75, 3.05) is 10.6 Å². The molecule has 0 spiro atoms. The fourth-order valence-corrected chi connectivity index (χ4v) is 3.39. The highest BCUT2D eigenvalue weighted by atomic mass is 32.2. The van der Waals surface area contributed by atoms with Crippen LogP contribution in [0.1, 0.15) is 17.3 Å². The number of hydrogen-bond acceptors (Lipinski definition) is 3. The van der Waals surface area contributed by atoms with Crippen LogP contribution < -0.4 is 10.6 Å². The van der Waals surface area contributed by atoms with E-state index in [-0.39, 0.29) is 21.8 Å². The molecule has 1 unspecified atom stereocenters. The molecule has 154 valence electrons. The highest BCUT2D eigenvalue weighted by Gasteiger charge is 2.44. The molecule has 0 aliphatic carbocycles. The number of alkyl halides is 3. The van der Waals surface area contributed by atoms with E-state index in [0.717, 1.165) is 6.92 Å². The molecule has 2 N–H and O–H groups in total. The predicted molar refractivity (Wildman–Crippen MR) is 92.9 cm³/mol. The Kier molecular flexibility index (Phi) is 5.39. The van der Waals surface area contributed by atoms with Gasteiger partial charge < -0.3 is 10.6 Å². The standard InChI is InChI=1S/C17H11F6N3O2S/c1-7(17(21,22)23)26-16(28)25-12-3-2-8(4-13(12)29-26)15(27)24-9-5-10(18)14(20)11(19)6-9/h2-7H,1H3,(H,24,27)(H,25,28). The number of benzene rings is 2. The molecule has 0 bridgehead atoms. The molecule has 3 rings (SSSR count). The molecule has 1 aliphatic rings. The van der Waals surface area contributed by atoms with E-state index in [1.807, 2.05) is 0 Å². The molecule has 0 saturated carbocycles. The van der Waals surface area contributed by atoms with Crippen LogP contribution in [0.4, 0.5) is 42.5 Å². The zero-order valence-corrected chi connectivity index (χ0v) is 15.2. The molecule has 0 saturated heterocycles. The second-order valence-corrected chi connectivity index (χ2v) is 7.00. The molecule has 12 heteroatoms. The average molecular weight is 435 g/mol. The second-order valence-electron chi connectivity index (χ2n) is 5.98. The summed E-state index contributed by atoms with van der Waals surface area (Å²) in [5, 5.41) is 4.46. The van der Waals surface area contributed by atoms with Crippen molar-refractivity contribution < 1.29 is 35.9 Å². The number of nitrogens with one attached hydrogen (secondary N) is 2. The van der Waals surface area contributed by atoms with Crippen molar-refractivity contribution in [2.45, 2.75) is 24.0 Å². The van der Waals surface area contributed by atoms with Crippen molar-refractivity contribution in [1.82, 2.24) is 4.31 Å². The molecule has 1 heterocycles. The van der Waals surface area contributed by atoms with Crippen molar-refractivity contribution in [3.8, 4) is 0 Å². The minimum Gasteiger partial charge on any atom is -0.322 e. The molecule has 1 aliphatic heterocycles. The van der Waals surface area contributed by atoms with Crippen LogP contribution in [0, 0.1) is 17.5 Å². The van der Waals surface area contributed by atoms with Gasteiger partial charge in [-0.15, -0.1) is 0 Å². The van der Waals surface area contributed by atoms with E-state index in [0.29, 0.717) is 28.4 Å². The van der Waals surface area contributed by atoms with Gasteiger partial charge in [-0.05, 0) is 37.1 Å². The number of urea groups is 1. The van der Waals surface area contributed by atoms with Gasteiger partial charge in [-0.1, -0.05) is 0 Å². The van der Waals surface area contributed by atoms with Crippen LogP contribution in [0.15, 0.2) is 35.2 Å². The average Bonchev–Trinajstić information content (AvgIpc) is 2.63. The molecular weight excluding hydrogens is 424 g/mol. The maximum Gasteiger partial charge on any atom is 0.409 e. The summed E-state index contributed by atoms with van der Waals surface area (Å²) in [5.74, 6) is -5.53. The zero-order chi connectivity index (χ0) is 21.5. The highest BCUT2D eigenvalue weighted by Crippen LogP contribution is 2.40. The van der Waals surface area contributed by atoms with E-state index >= 15 is 0 Å². The van der Waals surface area contributed by atoms with Crippen LogP contribution >= 0.6 is 11.9 Å². The first kappa shape index (κ1) is 20.8. The quantitative estimate of drug-likeness (QED) is 0.398. The third-order valence-corrected chi connectivity index (χ3v) is 5.16. The number of halogens is 6. The van der Waals surface area contributed by atoms with Gasteiger partial charge in [0.15, 0.2) is 17.5 Å². The number of nitrogens with zero attached hydrogens (tertiary/aromatic N) is 1. The molecule has 5 nitrogen and oxygen atoms in total. The summed E-state index contributed by atoms with van der Waals surface area (Å²) in [5.41, 5.74) is -0.212. The third kappa shape index (κ3) is 4.26. The number of amides is 3. The Hall–Kier alpha value is -2.89. The van der Waals surface area contributed by atoms with Gasteiger partial charge in [-0.25, -0.2) is 18.0 Å². The minimum atomic E-state index is -4.66. The lowest BCUT2D eigenvalue weighted by atomic mass is 10.2. The van der Waals surface area contributed by atoms with Gasteiger partial charge in [0.05, 0.1) is 10.6 Å². The SMILES string of the molecule is CC(N1Sc2cc(C(=O)Nc3cc(F)c(F)c(F)c3)ccc2NC1=O)C(F)(F)F. The molecule has 2 aromatic rings. The first-order valence-corrected chi connectivity index (χ1v) is 8.69. The zero-order valence-electron chi connectivity index (χ0n) is 14.4. The Morgan fingerprint density at radius 3 is 2.34 bits per heavy atom. The summed E-state index contributed by atoms with van der Waals surface area (Å²) in [6, 6.07) is 1.86. The molecule has 0 radical (unpaired) electrons. The molecule has 0 fully saturated rings. The van der Waals surface area contributed by atoms with Gasteiger partial charge in [0.1, 0.15) is 6.04 Å². The van der Waals surface area contributed by atoms with Crippen molar-refractivity contribution in [1.29, 1.82) is 0 Å². The smallest absolute Gasteiger partial charge is 0.322 e. The Bertz CT molecular complexity index is 975. The topological polar surface area (TPSA) is 61.4 Å². The number of carbonyl (C=O) groups excluding carboxylic acids is 2. The van der Waals surface area contributed by atoms with Crippen LogP contribution in [0.5, 0.6) is 0 Å². The fraction of sp³-hybridized carbons (Fsp3) is 0.176. The number of anilines is 2. The monoisotopic (exact) mass is 435 g/mol. The van der Waals surface area contributed by atoms with E-state index in [2.05, 4.69) is 10.6 Å². The van der Waals surface area contributed by atoms with Crippen LogP contribution in [0.3, 0.4) is 0 Å². The lowest BCUT2D eigenvalue weighted by Crippen LogP contribution is -2.46. The highest BCUT2D eigenvalue weighted by molar-refractivity contribution is 7.97. The number of rotatable bonds is 3. The van der Waals surface area contributed by atoms with E-state index in [4.69, 9.17) is 0 Å². The Morgan fingerprint density at radius 1 is 1.14 bits per heavy atom. The van der Waals surface area contributed by atoms with E-state index in [1.165, 1.54) is 18.2 Å². The van der Waals surface area contributed by atoms with Crippen LogP contribution in [0.2, 0.25) is 0 Å². The van der Waals surface area contributed by atoms with Crippen molar-refractivity contribution in [3.63, 3.8) is 0 Å². The van der Waals surface area contributed by atoms with Gasteiger partial charge in [0.25, 0.3) is 5.91 Å². The largest absolute Gasteiger partial charge is 0.409 e. The maximum atomic E-state index is 13.3. The maximum absolute atomic E-state index is 13.3. The van der Waals surface area contributed by atoms with Crippen LogP contribution in [-0.2, 0) is 0 Å². The van der Waals surface area contributed by atoms with E-state index in [9.17, 15) is 35.9 Å². The first-order chi connectivity index (χ1) is 13.5. The summed E-state index contributed by atoms with van der Waals surface area (Å²) in [4.78, 5) is 24.4. The van der Waals surface area contributed by atoms with Crippen LogP contribution in [0.25, 0.3) is 0 Å². The van der Waals surface area contributed by atoms with Gasteiger partial charge in [0.2, 0.25) is 0 Å². The molecule has 29 heavy (non-hydrogen) atoms. The summed E-state index contributed by atoms with van der Waals surface area (Å²) in [6.07, 6.45) is -4.66. The summed E-state index contributed by atoms with van der Waals surface area (Å²) >= 11 is 0.497. The third-order valence-electron chi connectivity index (χ3n) is 3.95. The fourth-order valence-electron chi connectivity index (χ4n) is 2.38. The van der Waals surface area contributed by atoms with Crippen LogP contribution in [-0.4, -0.2) is 28.5 Å². The van der Waals surface area contributed by atoms with Gasteiger partial charge >= 0.3 is 12.2 Å². The molecule has 2 aromatic carbocycles. The summed E-state index contributed by atoms with van der Waals surface area (Å²) in [7, 11) is 0. The van der Waals surface area contributed by atoms with Crippen molar-refractivity contribution >= 4 is 35.3 Å². The van der Waals surface area contributed by atoms with Crippen molar-refractivity contribution in [3.05, 3.63) is 53.3 Å². The minimum absolute atomic E-state index is 0.0582. The Morgan fingerprint density at radius 2 is 1.76 bits per heavy atom. The normalized spacial score (nSPS) is 14.9. The van der Waals surface area contributed by atoms with Crippen molar-refractivity contribution in [2.24, 2.45) is 0 Å². The number of hydrogen-bond donors (Lipinski definition) is 2. The lowest BCUT2D eigenvalue weighted by Gasteiger charge is -2.33. The van der Waals surface area contributed by atoms with Gasteiger partial charge in [0, 0.05) is 23.4 Å². The number of carbonyl (C=O) groups is 2.